The van der Waals surface area contributed by atoms with Gasteiger partial charge in [-0.05, 0) is 20.8 Å². The number of carbonyl (C=O) groups is 1. The summed E-state index contributed by atoms with van der Waals surface area (Å²) < 4.78 is 30.3. The van der Waals surface area contributed by atoms with Crippen molar-refractivity contribution >= 4 is 16.3 Å². The Morgan fingerprint density at radius 2 is 2.00 bits per heavy atom. The van der Waals surface area contributed by atoms with Crippen LogP contribution in [0.5, 0.6) is 0 Å². The number of hydrogen-bond acceptors (Lipinski definition) is 5. The van der Waals surface area contributed by atoms with E-state index < -0.39 is 21.9 Å². The van der Waals surface area contributed by atoms with E-state index in [1.165, 1.54) is 13.8 Å². The lowest BCUT2D eigenvalue weighted by Crippen LogP contribution is -2.45. The largest absolute Gasteiger partial charge is 0.449 e. The summed E-state index contributed by atoms with van der Waals surface area (Å²) in [4.78, 5) is 10.8. The van der Waals surface area contributed by atoms with Crippen molar-refractivity contribution in [1.29, 1.82) is 0 Å². The molecule has 0 saturated carbocycles. The van der Waals surface area contributed by atoms with Crippen molar-refractivity contribution in [3.63, 3.8) is 0 Å². The van der Waals surface area contributed by atoms with Gasteiger partial charge in [0, 0.05) is 6.54 Å². The number of ether oxygens (including phenoxy) is 1. The average Bonchev–Trinajstić information content (AvgIpc) is 1.99. The number of hydrogen-bond donors (Lipinski definition) is 3. The van der Waals surface area contributed by atoms with Crippen LogP contribution < -0.4 is 9.44 Å². The quantitative estimate of drug-likeness (QED) is 0.591. The highest BCUT2D eigenvalue weighted by Gasteiger charge is 2.19. The molecule has 0 aromatic rings. The Labute approximate surface area is 89.0 Å². The molecule has 0 aromatic heterocycles. The van der Waals surface area contributed by atoms with Gasteiger partial charge in [-0.3, -0.25) is 0 Å². The van der Waals surface area contributed by atoms with E-state index in [-0.39, 0.29) is 13.2 Å². The van der Waals surface area contributed by atoms with Gasteiger partial charge in [-0.2, -0.15) is 13.1 Å². The predicted molar refractivity (Wildman–Crippen MR) is 53.4 cm³/mol. The standard InChI is InChI=1S/C7H16N2O5S/c1-4-14-6(10)9-15(12,13)8-5-7(2,3)11/h8,11H,4-5H2,1-3H3,(H,9,10). The van der Waals surface area contributed by atoms with Gasteiger partial charge in [-0.15, -0.1) is 0 Å². The second kappa shape index (κ2) is 5.29. The van der Waals surface area contributed by atoms with Gasteiger partial charge in [0.25, 0.3) is 0 Å². The zero-order valence-electron chi connectivity index (χ0n) is 8.90. The van der Waals surface area contributed by atoms with Crippen LogP contribution in [0.4, 0.5) is 4.79 Å². The highest BCUT2D eigenvalue weighted by atomic mass is 32.2. The third kappa shape index (κ3) is 8.16. The molecule has 15 heavy (non-hydrogen) atoms. The van der Waals surface area contributed by atoms with Gasteiger partial charge < -0.3 is 9.84 Å². The van der Waals surface area contributed by atoms with Crippen molar-refractivity contribution < 1.29 is 23.1 Å². The van der Waals surface area contributed by atoms with E-state index in [2.05, 4.69) is 4.74 Å². The topological polar surface area (TPSA) is 105 Å². The van der Waals surface area contributed by atoms with Gasteiger partial charge >= 0.3 is 16.3 Å². The van der Waals surface area contributed by atoms with Crippen LogP contribution in [0.1, 0.15) is 20.8 Å². The monoisotopic (exact) mass is 240 g/mol. The molecule has 0 bridgehead atoms. The van der Waals surface area contributed by atoms with Crippen molar-refractivity contribution in [2.45, 2.75) is 26.4 Å². The summed E-state index contributed by atoms with van der Waals surface area (Å²) in [6, 6.07) is 0. The van der Waals surface area contributed by atoms with Gasteiger partial charge in [0.1, 0.15) is 0 Å². The van der Waals surface area contributed by atoms with E-state index in [0.717, 1.165) is 0 Å². The molecular formula is C7H16N2O5S. The second-order valence-corrected chi connectivity index (χ2v) is 4.96. The molecule has 0 spiro atoms. The lowest BCUT2D eigenvalue weighted by molar-refractivity contribution is 0.0855. The predicted octanol–water partition coefficient (Wildman–Crippen LogP) is -0.662. The molecule has 0 heterocycles. The van der Waals surface area contributed by atoms with E-state index in [4.69, 9.17) is 0 Å². The highest BCUT2D eigenvalue weighted by Crippen LogP contribution is 1.97. The molecule has 1 amide bonds. The van der Waals surface area contributed by atoms with E-state index in [0.29, 0.717) is 0 Å². The summed E-state index contributed by atoms with van der Waals surface area (Å²) in [5, 5.41) is 9.25. The Hall–Kier alpha value is -0.860. The maximum Gasteiger partial charge on any atom is 0.421 e. The van der Waals surface area contributed by atoms with E-state index in [9.17, 15) is 18.3 Å². The Bertz CT molecular complexity index is 306. The third-order valence-corrected chi connectivity index (χ3v) is 2.15. The summed E-state index contributed by atoms with van der Waals surface area (Å²) in [5.41, 5.74) is -1.19. The van der Waals surface area contributed by atoms with Crippen LogP contribution in [0.2, 0.25) is 0 Å². The first-order valence-corrected chi connectivity index (χ1v) is 5.81. The number of carbonyl (C=O) groups excluding carboxylic acids is 1. The number of amides is 1. The van der Waals surface area contributed by atoms with Crippen LogP contribution in [0.15, 0.2) is 0 Å². The summed E-state index contributed by atoms with van der Waals surface area (Å²) in [7, 11) is -3.97. The van der Waals surface area contributed by atoms with E-state index >= 15 is 0 Å². The molecule has 8 heteroatoms. The average molecular weight is 240 g/mol. The molecule has 0 radical (unpaired) electrons. The zero-order chi connectivity index (χ0) is 12.1. The number of rotatable bonds is 5. The second-order valence-electron chi connectivity index (χ2n) is 3.46. The van der Waals surface area contributed by atoms with Crippen molar-refractivity contribution in [2.24, 2.45) is 0 Å². The first-order chi connectivity index (χ1) is 6.66. The Kier molecular flexibility index (Phi) is 4.98. The Morgan fingerprint density at radius 1 is 1.47 bits per heavy atom. The van der Waals surface area contributed by atoms with Crippen molar-refractivity contribution in [3.8, 4) is 0 Å². The Balaban J connectivity index is 4.15. The third-order valence-electron chi connectivity index (χ3n) is 1.19. The summed E-state index contributed by atoms with van der Waals surface area (Å²) in [6.45, 7) is 4.28. The van der Waals surface area contributed by atoms with Gasteiger partial charge in [-0.25, -0.2) is 9.52 Å². The van der Waals surface area contributed by atoms with Crippen molar-refractivity contribution in [3.05, 3.63) is 0 Å². The molecule has 0 fully saturated rings. The molecule has 0 aromatic carbocycles. The van der Waals surface area contributed by atoms with Gasteiger partial charge in [0.2, 0.25) is 0 Å². The maximum atomic E-state index is 11.1. The van der Waals surface area contributed by atoms with Gasteiger partial charge in [-0.1, -0.05) is 0 Å². The normalized spacial score (nSPS) is 12.3. The summed E-state index contributed by atoms with van der Waals surface area (Å²) >= 11 is 0. The molecule has 3 N–H and O–H groups in total. The van der Waals surface area contributed by atoms with Crippen LogP contribution in [0.3, 0.4) is 0 Å². The number of nitrogens with one attached hydrogen (secondary N) is 2. The fraction of sp³-hybridized carbons (Fsp3) is 0.857. The Morgan fingerprint density at radius 3 is 2.40 bits per heavy atom. The molecule has 0 atom stereocenters. The highest BCUT2D eigenvalue weighted by molar-refractivity contribution is 7.88. The SMILES string of the molecule is CCOC(=O)NS(=O)(=O)NCC(C)(C)O. The first-order valence-electron chi connectivity index (χ1n) is 4.33. The van der Waals surface area contributed by atoms with Crippen molar-refractivity contribution in [2.75, 3.05) is 13.2 Å². The van der Waals surface area contributed by atoms with Crippen molar-refractivity contribution in [1.82, 2.24) is 9.44 Å². The number of aliphatic hydroxyl groups is 1. The van der Waals surface area contributed by atoms with Gasteiger partial charge in [0.15, 0.2) is 0 Å². The molecule has 0 saturated heterocycles. The minimum absolute atomic E-state index is 0.0762. The van der Waals surface area contributed by atoms with E-state index in [1.807, 2.05) is 4.72 Å². The molecule has 0 aliphatic heterocycles. The zero-order valence-corrected chi connectivity index (χ0v) is 9.72. The first kappa shape index (κ1) is 14.1. The van der Waals surface area contributed by atoms with Crippen LogP contribution in [0.25, 0.3) is 0 Å². The molecule has 0 rings (SSSR count). The van der Waals surface area contributed by atoms with Crippen LogP contribution in [-0.4, -0.2) is 38.4 Å². The molecule has 0 unspecified atom stereocenters. The maximum absolute atomic E-state index is 11.1. The molecule has 90 valence electrons. The summed E-state index contributed by atoms with van der Waals surface area (Å²) in [5.74, 6) is 0. The minimum atomic E-state index is -3.97. The lowest BCUT2D eigenvalue weighted by atomic mass is 10.1. The van der Waals surface area contributed by atoms with Crippen LogP contribution >= 0.6 is 0 Å². The summed E-state index contributed by atoms with van der Waals surface area (Å²) in [6.07, 6.45) is -1.05. The molecule has 0 aliphatic rings. The molecular weight excluding hydrogens is 224 g/mol. The smallest absolute Gasteiger partial charge is 0.421 e. The fourth-order valence-corrected chi connectivity index (χ4v) is 1.47. The fourth-order valence-electron chi connectivity index (χ4n) is 0.578. The van der Waals surface area contributed by atoms with Crippen LogP contribution in [0, 0.1) is 0 Å². The van der Waals surface area contributed by atoms with E-state index in [1.54, 1.807) is 11.6 Å². The molecule has 0 aliphatic carbocycles. The minimum Gasteiger partial charge on any atom is -0.449 e. The van der Waals surface area contributed by atoms with Gasteiger partial charge in [0.05, 0.1) is 12.2 Å². The molecule has 7 nitrogen and oxygen atoms in total. The lowest BCUT2D eigenvalue weighted by Gasteiger charge is -2.17. The van der Waals surface area contributed by atoms with Crippen LogP contribution in [-0.2, 0) is 14.9 Å².